The Kier molecular flexibility index (Phi) is 5.81. The van der Waals surface area contributed by atoms with Crippen molar-refractivity contribution < 1.29 is 4.79 Å². The predicted octanol–water partition coefficient (Wildman–Crippen LogP) is 4.48. The average molecular weight is 435 g/mol. The third kappa shape index (κ3) is 4.81. The fraction of sp³-hybridized carbons (Fsp3) is 0.0909. The molecule has 0 aliphatic heterocycles. The van der Waals surface area contributed by atoms with Crippen molar-refractivity contribution in [2.24, 2.45) is 0 Å². The highest BCUT2D eigenvalue weighted by atomic mass is 35.5. The molecule has 156 valence electrons. The molecule has 4 rings (SSSR count). The van der Waals surface area contributed by atoms with Crippen LogP contribution in [0.15, 0.2) is 71.5 Å². The van der Waals surface area contributed by atoms with Crippen molar-refractivity contribution >= 4 is 29.1 Å². The first kappa shape index (κ1) is 20.4. The van der Waals surface area contributed by atoms with Crippen molar-refractivity contribution in [1.82, 2.24) is 19.7 Å². The first-order chi connectivity index (χ1) is 15.0. The van der Waals surface area contributed by atoms with Gasteiger partial charge in [0.05, 0.1) is 5.69 Å². The maximum Gasteiger partial charge on any atom is 0.324 e. The summed E-state index contributed by atoms with van der Waals surface area (Å²) in [5, 5.41) is 10.6. The Balaban J connectivity index is 1.71. The van der Waals surface area contributed by atoms with Crippen LogP contribution in [0.25, 0.3) is 17.2 Å². The fourth-order valence-electron chi connectivity index (χ4n) is 3.00. The van der Waals surface area contributed by atoms with Gasteiger partial charge >= 0.3 is 6.03 Å². The van der Waals surface area contributed by atoms with Crippen molar-refractivity contribution in [3.8, 4) is 17.2 Å². The molecule has 31 heavy (non-hydrogen) atoms. The molecule has 0 radical (unpaired) electrons. The van der Waals surface area contributed by atoms with Crippen molar-refractivity contribution in [2.75, 3.05) is 10.6 Å². The number of aromatic amines is 1. The summed E-state index contributed by atoms with van der Waals surface area (Å²) in [6.45, 7) is 1.90. The predicted molar refractivity (Wildman–Crippen MR) is 121 cm³/mol. The van der Waals surface area contributed by atoms with Crippen LogP contribution in [0.5, 0.6) is 0 Å². The van der Waals surface area contributed by atoms with Gasteiger partial charge in [0, 0.05) is 34.1 Å². The molecule has 0 aliphatic carbocycles. The molecule has 0 fully saturated rings. The number of aromatic nitrogens is 4. The number of carbonyl (C=O) groups excluding carboxylic acids is 1. The van der Waals surface area contributed by atoms with Crippen LogP contribution in [-0.2, 0) is 6.42 Å². The number of amides is 2. The molecule has 4 aromatic rings. The lowest BCUT2D eigenvalue weighted by molar-refractivity contribution is 0.262. The molecule has 0 unspecified atom stereocenters. The molecule has 2 amide bonds. The van der Waals surface area contributed by atoms with E-state index in [4.69, 9.17) is 11.6 Å². The molecule has 2 aromatic heterocycles. The maximum atomic E-state index is 12.6. The highest BCUT2D eigenvalue weighted by molar-refractivity contribution is 6.30. The number of carbonyl (C=O) groups is 1. The van der Waals surface area contributed by atoms with Crippen LogP contribution in [0.2, 0.25) is 5.02 Å². The molecule has 0 spiro atoms. The number of hydrogen-bond donors (Lipinski definition) is 3. The van der Waals surface area contributed by atoms with E-state index in [1.165, 1.54) is 10.7 Å². The molecule has 0 saturated carbocycles. The number of rotatable bonds is 5. The summed E-state index contributed by atoms with van der Waals surface area (Å²) in [6.07, 6.45) is 0.585. The lowest BCUT2D eigenvalue weighted by Crippen LogP contribution is -2.22. The Morgan fingerprint density at radius 2 is 1.87 bits per heavy atom. The minimum Gasteiger partial charge on any atom is -0.308 e. The van der Waals surface area contributed by atoms with Gasteiger partial charge in [0.15, 0.2) is 0 Å². The summed E-state index contributed by atoms with van der Waals surface area (Å²) in [5.41, 5.74) is 2.33. The van der Waals surface area contributed by atoms with E-state index >= 15 is 0 Å². The molecular formula is C22H19ClN6O2. The normalized spacial score (nSPS) is 10.6. The van der Waals surface area contributed by atoms with Crippen molar-refractivity contribution in [3.05, 3.63) is 87.8 Å². The van der Waals surface area contributed by atoms with Gasteiger partial charge in [-0.25, -0.2) is 9.78 Å². The van der Waals surface area contributed by atoms with Crippen LogP contribution in [-0.4, -0.2) is 25.8 Å². The van der Waals surface area contributed by atoms with Crippen LogP contribution >= 0.6 is 11.6 Å². The SMILES string of the molecule is CCc1cc(=O)[nH]c(-n2nc(-c3ccccc3)cc2NC(=O)Nc2cccc(Cl)c2)n1. The Morgan fingerprint density at radius 3 is 2.61 bits per heavy atom. The summed E-state index contributed by atoms with van der Waals surface area (Å²) in [7, 11) is 0. The van der Waals surface area contributed by atoms with E-state index in [0.717, 1.165) is 5.56 Å². The zero-order chi connectivity index (χ0) is 21.8. The van der Waals surface area contributed by atoms with Gasteiger partial charge in [-0.2, -0.15) is 9.78 Å². The van der Waals surface area contributed by atoms with Crippen LogP contribution < -0.4 is 16.2 Å². The average Bonchev–Trinajstić information content (AvgIpc) is 3.17. The number of nitrogens with zero attached hydrogens (tertiary/aromatic N) is 3. The number of hydrogen-bond acceptors (Lipinski definition) is 4. The molecule has 0 aliphatic rings. The molecule has 0 saturated heterocycles. The van der Waals surface area contributed by atoms with Crippen molar-refractivity contribution in [1.29, 1.82) is 0 Å². The number of urea groups is 1. The van der Waals surface area contributed by atoms with E-state index in [2.05, 4.69) is 25.7 Å². The summed E-state index contributed by atoms with van der Waals surface area (Å²) < 4.78 is 1.40. The third-order valence-corrected chi connectivity index (χ3v) is 4.68. The van der Waals surface area contributed by atoms with Crippen LogP contribution in [0.3, 0.4) is 0 Å². The molecule has 2 aromatic carbocycles. The van der Waals surface area contributed by atoms with Gasteiger partial charge in [0.2, 0.25) is 5.95 Å². The number of H-pyrrole nitrogens is 1. The lowest BCUT2D eigenvalue weighted by Gasteiger charge is -2.10. The van der Waals surface area contributed by atoms with Gasteiger partial charge in [-0.3, -0.25) is 15.1 Å². The Labute approximate surface area is 182 Å². The molecule has 8 nitrogen and oxygen atoms in total. The van der Waals surface area contributed by atoms with E-state index in [-0.39, 0.29) is 11.5 Å². The van der Waals surface area contributed by atoms with Crippen molar-refractivity contribution in [2.45, 2.75) is 13.3 Å². The van der Waals surface area contributed by atoms with Gasteiger partial charge in [-0.05, 0) is 24.6 Å². The summed E-state index contributed by atoms with van der Waals surface area (Å²) in [5.74, 6) is 0.555. The van der Waals surface area contributed by atoms with E-state index in [1.807, 2.05) is 37.3 Å². The highest BCUT2D eigenvalue weighted by Crippen LogP contribution is 2.24. The molecule has 9 heteroatoms. The second-order valence-electron chi connectivity index (χ2n) is 6.70. The van der Waals surface area contributed by atoms with E-state index in [1.54, 1.807) is 30.3 Å². The highest BCUT2D eigenvalue weighted by Gasteiger charge is 2.16. The monoisotopic (exact) mass is 434 g/mol. The molecule has 2 heterocycles. The number of benzene rings is 2. The van der Waals surface area contributed by atoms with Gasteiger partial charge in [-0.1, -0.05) is 54.9 Å². The molecule has 3 N–H and O–H groups in total. The van der Waals surface area contributed by atoms with E-state index < -0.39 is 6.03 Å². The standard InChI is InChI=1S/C22H19ClN6O2/c1-2-16-12-20(30)27-21(24-16)29-19(13-18(28-29)14-7-4-3-5-8-14)26-22(31)25-17-10-6-9-15(23)11-17/h3-13H,2H2,1H3,(H,24,27,30)(H2,25,26,31). The first-order valence-corrected chi connectivity index (χ1v) is 9.99. The number of aryl methyl sites for hydroxylation is 1. The minimum absolute atomic E-state index is 0.213. The Bertz CT molecular complexity index is 1280. The van der Waals surface area contributed by atoms with E-state index in [0.29, 0.717) is 34.3 Å². The zero-order valence-electron chi connectivity index (χ0n) is 16.6. The second-order valence-corrected chi connectivity index (χ2v) is 7.13. The Morgan fingerprint density at radius 1 is 1.06 bits per heavy atom. The van der Waals surface area contributed by atoms with Gasteiger partial charge in [-0.15, -0.1) is 0 Å². The maximum absolute atomic E-state index is 12.6. The quantitative estimate of drug-likeness (QED) is 0.430. The minimum atomic E-state index is -0.489. The first-order valence-electron chi connectivity index (χ1n) is 9.61. The van der Waals surface area contributed by atoms with Gasteiger partial charge in [0.1, 0.15) is 5.82 Å². The Hall–Kier alpha value is -3.91. The molecule has 0 bridgehead atoms. The van der Waals surface area contributed by atoms with Gasteiger partial charge < -0.3 is 5.32 Å². The summed E-state index contributed by atoms with van der Waals surface area (Å²) in [6, 6.07) is 19.0. The largest absolute Gasteiger partial charge is 0.324 e. The van der Waals surface area contributed by atoms with Crippen LogP contribution in [0.4, 0.5) is 16.3 Å². The van der Waals surface area contributed by atoms with Crippen molar-refractivity contribution in [3.63, 3.8) is 0 Å². The summed E-state index contributed by atoms with van der Waals surface area (Å²) >= 11 is 5.98. The van der Waals surface area contributed by atoms with E-state index in [9.17, 15) is 9.59 Å². The van der Waals surface area contributed by atoms with Crippen LogP contribution in [0, 0.1) is 0 Å². The summed E-state index contributed by atoms with van der Waals surface area (Å²) in [4.78, 5) is 31.8. The van der Waals surface area contributed by atoms with Gasteiger partial charge in [0.25, 0.3) is 5.56 Å². The number of halogens is 1. The molecular weight excluding hydrogens is 416 g/mol. The van der Waals surface area contributed by atoms with Crippen LogP contribution in [0.1, 0.15) is 12.6 Å². The fourth-order valence-corrected chi connectivity index (χ4v) is 3.19. The lowest BCUT2D eigenvalue weighted by atomic mass is 10.2. The molecule has 0 atom stereocenters. The topological polar surface area (TPSA) is 105 Å². The number of anilines is 2. The zero-order valence-corrected chi connectivity index (χ0v) is 17.3. The third-order valence-electron chi connectivity index (χ3n) is 4.45. The number of nitrogens with one attached hydrogen (secondary N) is 3. The smallest absolute Gasteiger partial charge is 0.308 e. The second kappa shape index (κ2) is 8.85.